The Morgan fingerprint density at radius 3 is 2.25 bits per heavy atom. The standard InChI is InChI=1S/C27H28ClN3O/c28-23-11-9-22(10-12-23)27(31-14-13-25(29)24-3-1-2-4-26(24)31)21-7-5-20(6-8-21)19-30-15-17-32-18-16-30/h1-13,27H,14-19,29H2. The van der Waals surface area contributed by atoms with E-state index < -0.39 is 0 Å². The van der Waals surface area contributed by atoms with Crippen LogP contribution in [0, 0.1) is 0 Å². The van der Waals surface area contributed by atoms with Crippen LogP contribution in [0.3, 0.4) is 0 Å². The molecule has 3 aromatic carbocycles. The minimum atomic E-state index is 0.0650. The highest BCUT2D eigenvalue weighted by Crippen LogP contribution is 2.38. The summed E-state index contributed by atoms with van der Waals surface area (Å²) in [6.45, 7) is 5.34. The minimum Gasteiger partial charge on any atom is -0.398 e. The van der Waals surface area contributed by atoms with E-state index in [1.54, 1.807) is 0 Å². The van der Waals surface area contributed by atoms with E-state index in [-0.39, 0.29) is 6.04 Å². The van der Waals surface area contributed by atoms with Gasteiger partial charge in [-0.15, -0.1) is 0 Å². The van der Waals surface area contributed by atoms with Gasteiger partial charge in [-0.2, -0.15) is 0 Å². The molecule has 1 saturated heterocycles. The summed E-state index contributed by atoms with van der Waals surface area (Å²) >= 11 is 6.21. The molecule has 32 heavy (non-hydrogen) atoms. The molecule has 5 rings (SSSR count). The van der Waals surface area contributed by atoms with Crippen LogP contribution in [-0.2, 0) is 11.3 Å². The molecule has 1 fully saturated rings. The molecule has 0 saturated carbocycles. The predicted molar refractivity (Wildman–Crippen MR) is 132 cm³/mol. The smallest absolute Gasteiger partial charge is 0.0799 e. The van der Waals surface area contributed by atoms with Crippen LogP contribution in [0.2, 0.25) is 5.02 Å². The van der Waals surface area contributed by atoms with Crippen LogP contribution in [0.15, 0.2) is 78.9 Å². The number of para-hydroxylation sites is 1. The summed E-state index contributed by atoms with van der Waals surface area (Å²) in [5.74, 6) is 0. The van der Waals surface area contributed by atoms with Crippen LogP contribution >= 0.6 is 11.6 Å². The van der Waals surface area contributed by atoms with Crippen molar-refractivity contribution in [3.8, 4) is 0 Å². The molecule has 1 atom stereocenters. The average molecular weight is 446 g/mol. The molecule has 2 heterocycles. The first-order chi connectivity index (χ1) is 15.7. The van der Waals surface area contributed by atoms with E-state index >= 15 is 0 Å². The highest BCUT2D eigenvalue weighted by Gasteiger charge is 2.27. The normalized spacial score (nSPS) is 17.5. The molecule has 164 valence electrons. The Hall–Kier alpha value is -2.79. The quantitative estimate of drug-likeness (QED) is 0.594. The summed E-state index contributed by atoms with van der Waals surface area (Å²) in [5.41, 5.74) is 13.2. The zero-order chi connectivity index (χ0) is 21.9. The predicted octanol–water partition coefficient (Wildman–Crippen LogP) is 5.08. The van der Waals surface area contributed by atoms with Gasteiger partial charge in [-0.3, -0.25) is 4.90 Å². The van der Waals surface area contributed by atoms with Crippen LogP contribution in [-0.4, -0.2) is 37.7 Å². The van der Waals surface area contributed by atoms with Crippen molar-refractivity contribution in [2.75, 3.05) is 37.7 Å². The summed E-state index contributed by atoms with van der Waals surface area (Å²) in [7, 11) is 0. The van der Waals surface area contributed by atoms with Crippen LogP contribution in [0.4, 0.5) is 5.69 Å². The number of rotatable bonds is 5. The van der Waals surface area contributed by atoms with E-state index in [0.717, 1.165) is 61.4 Å². The van der Waals surface area contributed by atoms with E-state index in [0.29, 0.717) is 0 Å². The molecule has 4 nitrogen and oxygen atoms in total. The van der Waals surface area contributed by atoms with Crippen molar-refractivity contribution in [2.45, 2.75) is 12.6 Å². The van der Waals surface area contributed by atoms with Gasteiger partial charge in [0.1, 0.15) is 0 Å². The second-order valence-electron chi connectivity index (χ2n) is 8.41. The molecule has 0 spiro atoms. The SMILES string of the molecule is NC1=CCN(C(c2ccc(Cl)cc2)c2ccc(CN3CCOCC3)cc2)c2ccccc21. The Balaban J connectivity index is 1.49. The second-order valence-corrected chi connectivity index (χ2v) is 8.85. The first-order valence-corrected chi connectivity index (χ1v) is 11.5. The summed E-state index contributed by atoms with van der Waals surface area (Å²) in [6.07, 6.45) is 2.11. The fraction of sp³-hybridized carbons (Fsp3) is 0.259. The monoisotopic (exact) mass is 445 g/mol. The Labute approximate surface area is 194 Å². The Morgan fingerprint density at radius 2 is 1.53 bits per heavy atom. The van der Waals surface area contributed by atoms with Crippen molar-refractivity contribution < 1.29 is 4.74 Å². The molecule has 0 bridgehead atoms. The Kier molecular flexibility index (Phi) is 6.17. The molecule has 0 radical (unpaired) electrons. The molecule has 2 aliphatic rings. The lowest BCUT2D eigenvalue weighted by Crippen LogP contribution is -2.35. The zero-order valence-electron chi connectivity index (χ0n) is 18.1. The summed E-state index contributed by atoms with van der Waals surface area (Å²) in [4.78, 5) is 4.87. The van der Waals surface area contributed by atoms with Crippen molar-refractivity contribution in [1.29, 1.82) is 0 Å². The van der Waals surface area contributed by atoms with Gasteiger partial charge in [0.05, 0.1) is 19.3 Å². The number of fused-ring (bicyclic) bond motifs is 1. The fourth-order valence-corrected chi connectivity index (χ4v) is 4.76. The van der Waals surface area contributed by atoms with Gasteiger partial charge in [0.15, 0.2) is 0 Å². The first kappa shape index (κ1) is 21.1. The number of hydrogen-bond acceptors (Lipinski definition) is 4. The number of anilines is 1. The summed E-state index contributed by atoms with van der Waals surface area (Å²) in [6, 6.07) is 25.7. The molecular formula is C27H28ClN3O. The van der Waals surface area contributed by atoms with Crippen molar-refractivity contribution in [3.05, 3.63) is 106 Å². The molecule has 1 unspecified atom stereocenters. The van der Waals surface area contributed by atoms with Gasteiger partial charge in [-0.05, 0) is 41.0 Å². The van der Waals surface area contributed by atoms with Crippen LogP contribution in [0.1, 0.15) is 28.3 Å². The highest BCUT2D eigenvalue weighted by atomic mass is 35.5. The fourth-order valence-electron chi connectivity index (χ4n) is 4.64. The number of morpholine rings is 1. The van der Waals surface area contributed by atoms with Gasteiger partial charge in [0.2, 0.25) is 0 Å². The number of benzene rings is 3. The third-order valence-corrected chi connectivity index (χ3v) is 6.59. The third-order valence-electron chi connectivity index (χ3n) is 6.34. The van der Waals surface area contributed by atoms with Gasteiger partial charge in [0.25, 0.3) is 0 Å². The molecule has 0 amide bonds. The van der Waals surface area contributed by atoms with E-state index in [4.69, 9.17) is 22.1 Å². The van der Waals surface area contributed by atoms with E-state index in [9.17, 15) is 0 Å². The number of hydrogen-bond donors (Lipinski definition) is 1. The molecule has 0 aliphatic carbocycles. The van der Waals surface area contributed by atoms with Gasteiger partial charge >= 0.3 is 0 Å². The van der Waals surface area contributed by atoms with Crippen molar-refractivity contribution in [1.82, 2.24) is 4.90 Å². The Morgan fingerprint density at radius 1 is 0.875 bits per heavy atom. The van der Waals surface area contributed by atoms with Gasteiger partial charge in [-0.1, -0.05) is 66.2 Å². The van der Waals surface area contributed by atoms with Gasteiger partial charge in [0, 0.05) is 48.1 Å². The van der Waals surface area contributed by atoms with E-state index in [1.807, 2.05) is 18.2 Å². The summed E-state index contributed by atoms with van der Waals surface area (Å²) < 4.78 is 5.48. The molecule has 2 aliphatic heterocycles. The average Bonchev–Trinajstić information content (AvgIpc) is 2.84. The molecule has 5 heteroatoms. The highest BCUT2D eigenvalue weighted by molar-refractivity contribution is 6.30. The minimum absolute atomic E-state index is 0.0650. The maximum Gasteiger partial charge on any atom is 0.0799 e. The lowest BCUT2D eigenvalue weighted by molar-refractivity contribution is 0.0342. The lowest BCUT2D eigenvalue weighted by Gasteiger charge is -2.37. The zero-order valence-corrected chi connectivity index (χ0v) is 18.8. The maximum atomic E-state index is 6.32. The number of nitrogens with zero attached hydrogens (tertiary/aromatic N) is 2. The van der Waals surface area contributed by atoms with Crippen molar-refractivity contribution in [3.63, 3.8) is 0 Å². The molecule has 3 aromatic rings. The van der Waals surface area contributed by atoms with Crippen molar-refractivity contribution in [2.24, 2.45) is 5.73 Å². The van der Waals surface area contributed by atoms with E-state index in [2.05, 4.69) is 70.5 Å². The number of nitrogens with two attached hydrogens (primary N) is 1. The first-order valence-electron chi connectivity index (χ1n) is 11.1. The third kappa shape index (κ3) is 4.40. The van der Waals surface area contributed by atoms with E-state index in [1.165, 1.54) is 16.7 Å². The Bertz CT molecular complexity index is 1090. The van der Waals surface area contributed by atoms with Crippen LogP contribution in [0.5, 0.6) is 0 Å². The maximum absolute atomic E-state index is 6.32. The topological polar surface area (TPSA) is 41.7 Å². The number of halogens is 1. The summed E-state index contributed by atoms with van der Waals surface area (Å²) in [5, 5.41) is 0.747. The molecular weight excluding hydrogens is 418 g/mol. The lowest BCUT2D eigenvalue weighted by atomic mass is 9.93. The second kappa shape index (κ2) is 9.37. The van der Waals surface area contributed by atoms with Crippen molar-refractivity contribution >= 4 is 23.0 Å². The van der Waals surface area contributed by atoms with Crippen LogP contribution in [0.25, 0.3) is 5.70 Å². The molecule has 0 aromatic heterocycles. The molecule has 2 N–H and O–H groups in total. The van der Waals surface area contributed by atoms with Gasteiger partial charge in [-0.25, -0.2) is 0 Å². The van der Waals surface area contributed by atoms with Gasteiger partial charge < -0.3 is 15.4 Å². The number of ether oxygens (including phenoxy) is 1. The largest absolute Gasteiger partial charge is 0.398 e. The van der Waals surface area contributed by atoms with Crippen LogP contribution < -0.4 is 10.6 Å².